The number of hydrogen-bond donors (Lipinski definition) is 0. The van der Waals surface area contributed by atoms with Crippen LogP contribution < -0.4 is 4.74 Å². The molecule has 4 heteroatoms. The molecule has 0 bridgehead atoms. The molecule has 2 aromatic rings. The maximum atomic E-state index is 14.3. The second kappa shape index (κ2) is 6.52. The Morgan fingerprint density at radius 1 is 1.33 bits per heavy atom. The Kier molecular flexibility index (Phi) is 4.94. The van der Waals surface area contributed by atoms with Crippen LogP contribution in [0, 0.1) is 18.7 Å². The Bertz CT molecular complexity index is 619. The highest BCUT2D eigenvalue weighted by molar-refractivity contribution is 6.20. The first-order chi connectivity index (χ1) is 9.93. The zero-order chi connectivity index (χ0) is 15.6. The standard InChI is InChI=1S/C17H20ClFO2/c1-10(2)8-14(18)13-9-16(21-11(13)3)12-6-5-7-15(20-4)17(12)19/h5-7,9-10,14H,8H2,1-4H3. The Morgan fingerprint density at radius 2 is 2.05 bits per heavy atom. The van der Waals surface area contributed by atoms with Gasteiger partial charge in [-0.1, -0.05) is 19.9 Å². The van der Waals surface area contributed by atoms with Gasteiger partial charge in [0, 0.05) is 5.56 Å². The van der Waals surface area contributed by atoms with Gasteiger partial charge in [0.1, 0.15) is 11.5 Å². The monoisotopic (exact) mass is 310 g/mol. The predicted molar refractivity (Wildman–Crippen MR) is 83.4 cm³/mol. The Morgan fingerprint density at radius 3 is 2.67 bits per heavy atom. The average Bonchev–Trinajstić information content (AvgIpc) is 2.80. The second-order valence-electron chi connectivity index (χ2n) is 5.54. The quantitative estimate of drug-likeness (QED) is 0.658. The minimum absolute atomic E-state index is 0.129. The highest BCUT2D eigenvalue weighted by atomic mass is 35.5. The number of halogens is 2. The zero-order valence-corrected chi connectivity index (χ0v) is 13.5. The minimum Gasteiger partial charge on any atom is -0.494 e. The molecule has 0 saturated carbocycles. The molecule has 1 atom stereocenters. The summed E-state index contributed by atoms with van der Waals surface area (Å²) in [4.78, 5) is 0. The van der Waals surface area contributed by atoms with Gasteiger partial charge in [-0.05, 0) is 37.5 Å². The van der Waals surface area contributed by atoms with Crippen molar-refractivity contribution in [3.8, 4) is 17.1 Å². The number of hydrogen-bond acceptors (Lipinski definition) is 2. The van der Waals surface area contributed by atoms with Crippen molar-refractivity contribution in [3.05, 3.63) is 41.4 Å². The van der Waals surface area contributed by atoms with Crippen molar-refractivity contribution in [2.75, 3.05) is 7.11 Å². The van der Waals surface area contributed by atoms with Crippen LogP contribution in [0.1, 0.15) is 37.0 Å². The van der Waals surface area contributed by atoms with Crippen LogP contribution in [0.5, 0.6) is 5.75 Å². The molecule has 0 spiro atoms. The van der Waals surface area contributed by atoms with Gasteiger partial charge in [-0.15, -0.1) is 11.6 Å². The zero-order valence-electron chi connectivity index (χ0n) is 12.7. The van der Waals surface area contributed by atoms with E-state index >= 15 is 0 Å². The average molecular weight is 311 g/mol. The van der Waals surface area contributed by atoms with Gasteiger partial charge < -0.3 is 9.15 Å². The smallest absolute Gasteiger partial charge is 0.175 e. The third-order valence-corrected chi connectivity index (χ3v) is 3.83. The molecule has 0 aliphatic heterocycles. The summed E-state index contributed by atoms with van der Waals surface area (Å²) in [5, 5.41) is -0.129. The Hall–Kier alpha value is -1.48. The van der Waals surface area contributed by atoms with E-state index in [0.717, 1.165) is 17.7 Å². The van der Waals surface area contributed by atoms with E-state index in [2.05, 4.69) is 13.8 Å². The van der Waals surface area contributed by atoms with E-state index in [9.17, 15) is 4.39 Å². The van der Waals surface area contributed by atoms with Gasteiger partial charge >= 0.3 is 0 Å². The molecule has 0 radical (unpaired) electrons. The lowest BCUT2D eigenvalue weighted by Crippen LogP contribution is -1.96. The first-order valence-electron chi connectivity index (χ1n) is 7.01. The lowest BCUT2D eigenvalue weighted by molar-refractivity contribution is 0.386. The molecule has 0 aliphatic carbocycles. The van der Waals surface area contributed by atoms with Crippen molar-refractivity contribution >= 4 is 11.6 Å². The summed E-state index contributed by atoms with van der Waals surface area (Å²) >= 11 is 6.43. The molecule has 0 saturated heterocycles. The van der Waals surface area contributed by atoms with Gasteiger partial charge in [0.25, 0.3) is 0 Å². The maximum absolute atomic E-state index is 14.3. The van der Waals surface area contributed by atoms with E-state index in [-0.39, 0.29) is 11.1 Å². The molecule has 1 unspecified atom stereocenters. The highest BCUT2D eigenvalue weighted by Gasteiger charge is 2.20. The fourth-order valence-electron chi connectivity index (χ4n) is 2.34. The fourth-order valence-corrected chi connectivity index (χ4v) is 2.91. The summed E-state index contributed by atoms with van der Waals surface area (Å²) in [5.41, 5.74) is 1.31. The van der Waals surface area contributed by atoms with E-state index < -0.39 is 5.82 Å². The Balaban J connectivity index is 2.39. The number of ether oxygens (including phenoxy) is 1. The number of furan rings is 1. The number of rotatable bonds is 5. The summed E-state index contributed by atoms with van der Waals surface area (Å²) in [6, 6.07) is 6.82. The van der Waals surface area contributed by atoms with E-state index in [4.69, 9.17) is 20.8 Å². The molecule has 1 heterocycles. The van der Waals surface area contributed by atoms with Crippen molar-refractivity contribution in [2.24, 2.45) is 5.92 Å². The molecule has 21 heavy (non-hydrogen) atoms. The van der Waals surface area contributed by atoms with E-state index in [1.165, 1.54) is 7.11 Å². The first kappa shape index (κ1) is 15.9. The SMILES string of the molecule is COc1cccc(-c2cc(C(Cl)CC(C)C)c(C)o2)c1F. The predicted octanol–water partition coefficient (Wildman–Crippen LogP) is 5.73. The molecule has 0 fully saturated rings. The number of alkyl halides is 1. The molecule has 0 amide bonds. The van der Waals surface area contributed by atoms with Crippen LogP contribution in [0.25, 0.3) is 11.3 Å². The highest BCUT2D eigenvalue weighted by Crippen LogP contribution is 2.37. The van der Waals surface area contributed by atoms with Crippen LogP contribution in [-0.4, -0.2) is 7.11 Å². The van der Waals surface area contributed by atoms with Crippen molar-refractivity contribution in [3.63, 3.8) is 0 Å². The number of methoxy groups -OCH3 is 1. The largest absolute Gasteiger partial charge is 0.494 e. The molecular formula is C17H20ClFO2. The summed E-state index contributed by atoms with van der Waals surface area (Å²) in [6.45, 7) is 6.09. The lowest BCUT2D eigenvalue weighted by Gasteiger charge is -2.10. The van der Waals surface area contributed by atoms with Gasteiger partial charge in [-0.2, -0.15) is 0 Å². The number of benzene rings is 1. The molecule has 2 nitrogen and oxygen atoms in total. The topological polar surface area (TPSA) is 22.4 Å². The number of aryl methyl sites for hydroxylation is 1. The van der Waals surface area contributed by atoms with Gasteiger partial charge in [0.15, 0.2) is 11.6 Å². The molecular weight excluding hydrogens is 291 g/mol. The summed E-state index contributed by atoms with van der Waals surface area (Å²) < 4.78 is 25.0. The maximum Gasteiger partial charge on any atom is 0.175 e. The Labute approximate surface area is 129 Å². The van der Waals surface area contributed by atoms with Crippen LogP contribution in [0.15, 0.2) is 28.7 Å². The van der Waals surface area contributed by atoms with Gasteiger partial charge in [0.2, 0.25) is 0 Å². The molecule has 1 aromatic carbocycles. The van der Waals surface area contributed by atoms with Crippen molar-refractivity contribution < 1.29 is 13.5 Å². The lowest BCUT2D eigenvalue weighted by atomic mass is 10.0. The third kappa shape index (κ3) is 3.41. The van der Waals surface area contributed by atoms with Gasteiger partial charge in [-0.3, -0.25) is 0 Å². The van der Waals surface area contributed by atoms with Crippen LogP contribution >= 0.6 is 11.6 Å². The van der Waals surface area contributed by atoms with Crippen LogP contribution in [0.3, 0.4) is 0 Å². The molecule has 114 valence electrons. The normalized spacial score (nSPS) is 12.7. The van der Waals surface area contributed by atoms with Crippen LogP contribution in [0.2, 0.25) is 0 Å². The third-order valence-electron chi connectivity index (χ3n) is 3.42. The van der Waals surface area contributed by atoms with Crippen molar-refractivity contribution in [2.45, 2.75) is 32.6 Å². The van der Waals surface area contributed by atoms with Crippen molar-refractivity contribution in [1.82, 2.24) is 0 Å². The molecule has 0 aliphatic rings. The summed E-state index contributed by atoms with van der Waals surface area (Å²) in [7, 11) is 1.44. The van der Waals surface area contributed by atoms with E-state index in [1.54, 1.807) is 18.2 Å². The molecule has 2 rings (SSSR count). The fraction of sp³-hybridized carbons (Fsp3) is 0.412. The molecule has 0 N–H and O–H groups in total. The van der Waals surface area contributed by atoms with Crippen LogP contribution in [-0.2, 0) is 0 Å². The minimum atomic E-state index is -0.421. The summed E-state index contributed by atoms with van der Waals surface area (Å²) in [5.74, 6) is 1.47. The summed E-state index contributed by atoms with van der Waals surface area (Å²) in [6.07, 6.45) is 0.849. The van der Waals surface area contributed by atoms with Gasteiger partial charge in [-0.25, -0.2) is 4.39 Å². The van der Waals surface area contributed by atoms with E-state index in [1.807, 2.05) is 13.0 Å². The van der Waals surface area contributed by atoms with E-state index in [0.29, 0.717) is 17.2 Å². The van der Waals surface area contributed by atoms with Crippen molar-refractivity contribution in [1.29, 1.82) is 0 Å². The first-order valence-corrected chi connectivity index (χ1v) is 7.45. The molecule has 1 aromatic heterocycles. The van der Waals surface area contributed by atoms with Gasteiger partial charge in [0.05, 0.1) is 18.1 Å². The van der Waals surface area contributed by atoms with Crippen LogP contribution in [0.4, 0.5) is 4.39 Å². The second-order valence-corrected chi connectivity index (χ2v) is 6.07.